The highest BCUT2D eigenvalue weighted by molar-refractivity contribution is 7.12. The fraction of sp³-hybridized carbons (Fsp3) is 0.278. The van der Waals surface area contributed by atoms with E-state index >= 15 is 0 Å². The summed E-state index contributed by atoms with van der Waals surface area (Å²) in [4.78, 5) is 37.9. The number of carbonyl (C=O) groups is 3. The number of hydrogen-bond acceptors (Lipinski definition) is 4. The minimum absolute atomic E-state index is 0.285. The van der Waals surface area contributed by atoms with Crippen LogP contribution in [0, 0.1) is 0 Å². The molecule has 2 N–H and O–H groups in total. The Balaban J connectivity index is 2.20. The number of thiophene rings is 1. The van der Waals surface area contributed by atoms with Crippen LogP contribution in [0.1, 0.15) is 22.2 Å². The Hall–Kier alpha value is -2.67. The molecule has 2 amide bonds. The first kappa shape index (κ1) is 18.7. The lowest BCUT2D eigenvalue weighted by Crippen LogP contribution is -2.52. The van der Waals surface area contributed by atoms with Gasteiger partial charge in [0.15, 0.2) is 0 Å². The summed E-state index contributed by atoms with van der Waals surface area (Å²) in [7, 11) is 1.43. The van der Waals surface area contributed by atoms with Gasteiger partial charge in [0, 0.05) is 13.5 Å². The van der Waals surface area contributed by atoms with Gasteiger partial charge in [0.2, 0.25) is 5.91 Å². The maximum atomic E-state index is 12.7. The van der Waals surface area contributed by atoms with Crippen molar-refractivity contribution in [2.75, 3.05) is 7.05 Å². The number of likely N-dealkylation sites (N-methyl/N-ethyl adjacent to an activating group) is 1. The lowest BCUT2D eigenvalue weighted by Gasteiger charge is -2.27. The lowest BCUT2D eigenvalue weighted by molar-refractivity contribution is -0.148. The number of aliphatic carboxylic acids is 1. The van der Waals surface area contributed by atoms with Gasteiger partial charge in [-0.2, -0.15) is 0 Å². The second-order valence-electron chi connectivity index (χ2n) is 5.66. The van der Waals surface area contributed by atoms with Crippen LogP contribution in [-0.2, 0) is 16.0 Å². The van der Waals surface area contributed by atoms with Crippen LogP contribution in [-0.4, -0.2) is 46.9 Å². The number of nitrogens with one attached hydrogen (secondary N) is 1. The molecule has 7 heteroatoms. The molecule has 0 aliphatic carbocycles. The second kappa shape index (κ2) is 8.43. The van der Waals surface area contributed by atoms with Crippen LogP contribution < -0.4 is 5.32 Å². The summed E-state index contributed by atoms with van der Waals surface area (Å²) in [5, 5.41) is 13.6. The number of carboxylic acid groups (broad SMARTS) is 1. The zero-order valence-corrected chi connectivity index (χ0v) is 14.8. The molecule has 0 saturated carbocycles. The van der Waals surface area contributed by atoms with E-state index in [0.29, 0.717) is 4.88 Å². The van der Waals surface area contributed by atoms with E-state index in [-0.39, 0.29) is 12.3 Å². The average molecular weight is 360 g/mol. The topological polar surface area (TPSA) is 86.7 Å². The maximum absolute atomic E-state index is 12.7. The molecule has 0 aliphatic heterocycles. The van der Waals surface area contributed by atoms with Crippen molar-refractivity contribution in [3.05, 3.63) is 58.3 Å². The van der Waals surface area contributed by atoms with Crippen molar-refractivity contribution in [2.45, 2.75) is 25.4 Å². The number of carboxylic acids is 1. The maximum Gasteiger partial charge on any atom is 0.326 e. The van der Waals surface area contributed by atoms with E-state index in [9.17, 15) is 14.4 Å². The Labute approximate surface area is 150 Å². The average Bonchev–Trinajstić information content (AvgIpc) is 3.14. The summed E-state index contributed by atoms with van der Waals surface area (Å²) in [6, 6.07) is 10.9. The molecular formula is C18H20N2O4S. The Morgan fingerprint density at radius 3 is 2.40 bits per heavy atom. The van der Waals surface area contributed by atoms with Crippen molar-refractivity contribution in [1.29, 1.82) is 0 Å². The molecule has 0 spiro atoms. The highest BCUT2D eigenvalue weighted by Crippen LogP contribution is 2.12. The second-order valence-corrected chi connectivity index (χ2v) is 6.60. The third kappa shape index (κ3) is 4.90. The van der Waals surface area contributed by atoms with Gasteiger partial charge < -0.3 is 15.3 Å². The zero-order chi connectivity index (χ0) is 18.4. The Morgan fingerprint density at radius 1 is 1.16 bits per heavy atom. The van der Waals surface area contributed by atoms with E-state index in [2.05, 4.69) is 5.32 Å². The molecule has 0 aliphatic rings. The third-order valence-electron chi connectivity index (χ3n) is 3.92. The van der Waals surface area contributed by atoms with Crippen LogP contribution in [0.3, 0.4) is 0 Å². The van der Waals surface area contributed by atoms with E-state index in [1.165, 1.54) is 25.3 Å². The lowest BCUT2D eigenvalue weighted by atomic mass is 10.0. The molecule has 2 unspecified atom stereocenters. The van der Waals surface area contributed by atoms with Gasteiger partial charge in [0.05, 0.1) is 4.88 Å². The van der Waals surface area contributed by atoms with Gasteiger partial charge in [0.1, 0.15) is 12.1 Å². The molecule has 1 aromatic carbocycles. The van der Waals surface area contributed by atoms with Gasteiger partial charge in [-0.05, 0) is 23.9 Å². The molecule has 1 heterocycles. The highest BCUT2D eigenvalue weighted by atomic mass is 32.1. The first-order chi connectivity index (χ1) is 11.9. The Kier molecular flexibility index (Phi) is 6.30. The molecule has 0 fully saturated rings. The third-order valence-corrected chi connectivity index (χ3v) is 4.79. The van der Waals surface area contributed by atoms with Crippen molar-refractivity contribution >= 4 is 29.1 Å². The van der Waals surface area contributed by atoms with E-state index in [1.54, 1.807) is 17.5 Å². The van der Waals surface area contributed by atoms with Crippen LogP contribution in [0.4, 0.5) is 0 Å². The first-order valence-electron chi connectivity index (χ1n) is 7.78. The molecule has 0 bridgehead atoms. The Bertz CT molecular complexity index is 731. The molecule has 0 saturated heterocycles. The first-order valence-corrected chi connectivity index (χ1v) is 8.66. The summed E-state index contributed by atoms with van der Waals surface area (Å²) in [5.41, 5.74) is 0.878. The predicted octanol–water partition coefficient (Wildman–Crippen LogP) is 2.02. The van der Waals surface area contributed by atoms with Crippen LogP contribution in [0.5, 0.6) is 0 Å². The molecule has 2 rings (SSSR count). The van der Waals surface area contributed by atoms with Crippen molar-refractivity contribution in [3.63, 3.8) is 0 Å². The van der Waals surface area contributed by atoms with Crippen molar-refractivity contribution < 1.29 is 19.5 Å². The van der Waals surface area contributed by atoms with Gasteiger partial charge in [-0.15, -0.1) is 11.3 Å². The number of benzene rings is 1. The fourth-order valence-electron chi connectivity index (χ4n) is 2.29. The van der Waals surface area contributed by atoms with Gasteiger partial charge in [-0.25, -0.2) is 4.79 Å². The van der Waals surface area contributed by atoms with E-state index in [4.69, 9.17) is 5.11 Å². The summed E-state index contributed by atoms with van der Waals surface area (Å²) < 4.78 is 0. The number of carbonyl (C=O) groups excluding carboxylic acids is 2. The molecular weight excluding hydrogens is 340 g/mol. The van der Waals surface area contributed by atoms with E-state index in [1.807, 2.05) is 30.3 Å². The number of rotatable bonds is 7. The largest absolute Gasteiger partial charge is 0.480 e. The molecule has 2 aromatic rings. The smallest absolute Gasteiger partial charge is 0.326 e. The van der Waals surface area contributed by atoms with Crippen LogP contribution in [0.15, 0.2) is 47.8 Å². The van der Waals surface area contributed by atoms with Crippen LogP contribution >= 0.6 is 11.3 Å². The predicted molar refractivity (Wildman–Crippen MR) is 95.6 cm³/mol. The summed E-state index contributed by atoms with van der Waals surface area (Å²) in [5.74, 6) is -1.89. The van der Waals surface area contributed by atoms with Gasteiger partial charge in [0.25, 0.3) is 5.91 Å². The SMILES string of the molecule is CC(C(=O)O)N(C)C(=O)C(Cc1ccccc1)NC(=O)c1cccs1. The van der Waals surface area contributed by atoms with Crippen molar-refractivity contribution in [1.82, 2.24) is 10.2 Å². The summed E-state index contributed by atoms with van der Waals surface area (Å²) >= 11 is 1.28. The molecule has 132 valence electrons. The van der Waals surface area contributed by atoms with Crippen molar-refractivity contribution in [3.8, 4) is 0 Å². The van der Waals surface area contributed by atoms with Crippen LogP contribution in [0.25, 0.3) is 0 Å². The normalized spacial score (nSPS) is 12.9. The number of amides is 2. The quantitative estimate of drug-likeness (QED) is 0.791. The monoisotopic (exact) mass is 360 g/mol. The summed E-state index contributed by atoms with van der Waals surface area (Å²) in [6.07, 6.45) is 0.285. The van der Waals surface area contributed by atoms with Gasteiger partial charge in [-0.1, -0.05) is 36.4 Å². The van der Waals surface area contributed by atoms with E-state index < -0.39 is 24.0 Å². The Morgan fingerprint density at radius 2 is 1.84 bits per heavy atom. The minimum atomic E-state index is -1.10. The molecule has 1 aromatic heterocycles. The standard InChI is InChI=1S/C18H20N2O4S/c1-12(18(23)24)20(2)17(22)14(11-13-7-4-3-5-8-13)19-16(21)15-9-6-10-25-15/h3-10,12,14H,11H2,1-2H3,(H,19,21)(H,23,24). The zero-order valence-electron chi connectivity index (χ0n) is 14.0. The molecule has 2 atom stereocenters. The van der Waals surface area contributed by atoms with Crippen molar-refractivity contribution in [2.24, 2.45) is 0 Å². The molecule has 25 heavy (non-hydrogen) atoms. The fourth-order valence-corrected chi connectivity index (χ4v) is 2.92. The number of hydrogen-bond donors (Lipinski definition) is 2. The minimum Gasteiger partial charge on any atom is -0.480 e. The van der Waals surface area contributed by atoms with Crippen LogP contribution in [0.2, 0.25) is 0 Å². The molecule has 0 radical (unpaired) electrons. The van der Waals surface area contributed by atoms with Gasteiger partial charge in [-0.3, -0.25) is 9.59 Å². The molecule has 6 nitrogen and oxygen atoms in total. The van der Waals surface area contributed by atoms with Gasteiger partial charge >= 0.3 is 5.97 Å². The number of nitrogens with zero attached hydrogens (tertiary/aromatic N) is 1. The van der Waals surface area contributed by atoms with E-state index in [0.717, 1.165) is 10.5 Å². The highest BCUT2D eigenvalue weighted by Gasteiger charge is 2.29. The summed E-state index contributed by atoms with van der Waals surface area (Å²) in [6.45, 7) is 1.43.